The van der Waals surface area contributed by atoms with Gasteiger partial charge in [0.1, 0.15) is 5.82 Å². The van der Waals surface area contributed by atoms with Gasteiger partial charge < -0.3 is 9.13 Å². The zero-order valence-corrected chi connectivity index (χ0v) is 11.4. The van der Waals surface area contributed by atoms with E-state index in [1.807, 2.05) is 46.6 Å². The number of ketones is 1. The molecule has 2 heterocycles. The van der Waals surface area contributed by atoms with Crippen molar-refractivity contribution < 1.29 is 4.79 Å². The third-order valence-corrected chi connectivity index (χ3v) is 3.42. The van der Waals surface area contributed by atoms with Gasteiger partial charge in [-0.3, -0.25) is 4.79 Å². The van der Waals surface area contributed by atoms with Gasteiger partial charge in [-0.25, -0.2) is 9.97 Å². The first-order chi connectivity index (χ1) is 9.74. The Bertz CT molecular complexity index is 741. The van der Waals surface area contributed by atoms with Crippen LogP contribution in [-0.2, 0) is 24.8 Å². The first-order valence-corrected chi connectivity index (χ1v) is 6.62. The fourth-order valence-corrected chi connectivity index (χ4v) is 2.29. The van der Waals surface area contributed by atoms with E-state index in [1.165, 1.54) is 0 Å². The third-order valence-electron chi connectivity index (χ3n) is 3.42. The molecule has 0 atom stereocenters. The van der Waals surface area contributed by atoms with E-state index in [9.17, 15) is 4.79 Å². The molecule has 1 aromatic carbocycles. The maximum Gasteiger partial charge on any atom is 0.153 e. The number of carbonyl (C=O) groups is 1. The highest BCUT2D eigenvalue weighted by Gasteiger charge is 2.08. The van der Waals surface area contributed by atoms with Crippen LogP contribution in [-0.4, -0.2) is 24.9 Å². The minimum atomic E-state index is 0.191. The molecule has 0 amide bonds. The van der Waals surface area contributed by atoms with Crippen LogP contribution in [0.25, 0.3) is 11.0 Å². The minimum Gasteiger partial charge on any atom is -0.338 e. The number of benzene rings is 1. The summed E-state index contributed by atoms with van der Waals surface area (Å²) in [5.41, 5.74) is 1.92. The van der Waals surface area contributed by atoms with E-state index >= 15 is 0 Å². The Morgan fingerprint density at radius 1 is 1.25 bits per heavy atom. The van der Waals surface area contributed by atoms with E-state index in [1.54, 1.807) is 12.5 Å². The summed E-state index contributed by atoms with van der Waals surface area (Å²) in [5.74, 6) is 1.13. The van der Waals surface area contributed by atoms with Gasteiger partial charge in [0.2, 0.25) is 0 Å². The van der Waals surface area contributed by atoms with Gasteiger partial charge in [0, 0.05) is 32.3 Å². The van der Waals surface area contributed by atoms with Gasteiger partial charge in [-0.15, -0.1) is 0 Å². The number of para-hydroxylation sites is 2. The van der Waals surface area contributed by atoms with Gasteiger partial charge in [-0.05, 0) is 12.1 Å². The molecular weight excluding hydrogens is 252 g/mol. The topological polar surface area (TPSA) is 52.7 Å². The van der Waals surface area contributed by atoms with Crippen LogP contribution in [0.2, 0.25) is 0 Å². The molecule has 20 heavy (non-hydrogen) atoms. The second-order valence-corrected chi connectivity index (χ2v) is 4.85. The molecule has 102 valence electrons. The summed E-state index contributed by atoms with van der Waals surface area (Å²) in [7, 11) is 1.94. The smallest absolute Gasteiger partial charge is 0.153 e. The van der Waals surface area contributed by atoms with Crippen LogP contribution >= 0.6 is 0 Å². The molecule has 0 aliphatic carbocycles. The standard InChI is InChI=1S/C15H16N4O/c1-18-9-8-16-15(18)7-6-12(20)10-19-11-17-13-4-2-3-5-14(13)19/h2-5,8-9,11H,6-7,10H2,1H3. The summed E-state index contributed by atoms with van der Waals surface area (Å²) >= 11 is 0. The van der Waals surface area contributed by atoms with E-state index < -0.39 is 0 Å². The lowest BCUT2D eigenvalue weighted by atomic mass is 10.2. The van der Waals surface area contributed by atoms with Crippen LogP contribution in [0.15, 0.2) is 43.0 Å². The predicted molar refractivity (Wildman–Crippen MR) is 76.3 cm³/mol. The molecule has 0 N–H and O–H groups in total. The van der Waals surface area contributed by atoms with Crippen LogP contribution < -0.4 is 0 Å². The van der Waals surface area contributed by atoms with Crippen LogP contribution in [0.5, 0.6) is 0 Å². The summed E-state index contributed by atoms with van der Waals surface area (Å²) in [6.45, 7) is 0.366. The van der Waals surface area contributed by atoms with Gasteiger partial charge in [0.15, 0.2) is 5.78 Å². The van der Waals surface area contributed by atoms with Crippen molar-refractivity contribution in [1.29, 1.82) is 0 Å². The number of hydrogen-bond donors (Lipinski definition) is 0. The largest absolute Gasteiger partial charge is 0.338 e. The molecule has 0 saturated heterocycles. The third kappa shape index (κ3) is 2.47. The number of aryl methyl sites for hydroxylation is 2. The average molecular weight is 268 g/mol. The van der Waals surface area contributed by atoms with Crippen molar-refractivity contribution in [3.63, 3.8) is 0 Å². The van der Waals surface area contributed by atoms with Crippen LogP contribution in [0.4, 0.5) is 0 Å². The number of hydrogen-bond acceptors (Lipinski definition) is 3. The molecule has 0 saturated carbocycles. The van der Waals surface area contributed by atoms with E-state index in [4.69, 9.17) is 0 Å². The first kappa shape index (κ1) is 12.6. The lowest BCUT2D eigenvalue weighted by Crippen LogP contribution is -2.11. The summed E-state index contributed by atoms with van der Waals surface area (Å²) in [5, 5.41) is 0. The van der Waals surface area contributed by atoms with Crippen molar-refractivity contribution in [3.8, 4) is 0 Å². The monoisotopic (exact) mass is 268 g/mol. The Kier molecular flexibility index (Phi) is 3.33. The van der Waals surface area contributed by atoms with E-state index in [0.717, 1.165) is 16.9 Å². The van der Waals surface area contributed by atoms with Crippen molar-refractivity contribution in [3.05, 3.63) is 48.8 Å². The van der Waals surface area contributed by atoms with Crippen LogP contribution in [0.1, 0.15) is 12.2 Å². The molecule has 0 spiro atoms. The molecule has 5 heteroatoms. The molecule has 0 fully saturated rings. The first-order valence-electron chi connectivity index (χ1n) is 6.62. The Morgan fingerprint density at radius 2 is 2.10 bits per heavy atom. The van der Waals surface area contributed by atoms with E-state index in [0.29, 0.717) is 19.4 Å². The summed E-state index contributed by atoms with van der Waals surface area (Å²) in [4.78, 5) is 20.6. The molecule has 0 bridgehead atoms. The Balaban J connectivity index is 1.66. The highest BCUT2D eigenvalue weighted by Crippen LogP contribution is 2.12. The van der Waals surface area contributed by atoms with Crippen LogP contribution in [0.3, 0.4) is 0 Å². The van der Waals surface area contributed by atoms with Crippen molar-refractivity contribution in [1.82, 2.24) is 19.1 Å². The number of aromatic nitrogens is 4. The van der Waals surface area contributed by atoms with E-state index in [2.05, 4.69) is 9.97 Å². The second kappa shape index (κ2) is 5.28. The summed E-state index contributed by atoms with van der Waals surface area (Å²) in [6.07, 6.45) is 6.54. The Morgan fingerprint density at radius 3 is 2.90 bits per heavy atom. The number of imidazole rings is 2. The fourth-order valence-electron chi connectivity index (χ4n) is 2.29. The quantitative estimate of drug-likeness (QED) is 0.711. The zero-order valence-electron chi connectivity index (χ0n) is 11.4. The van der Waals surface area contributed by atoms with Gasteiger partial charge in [0.05, 0.1) is 23.9 Å². The zero-order chi connectivity index (χ0) is 13.9. The van der Waals surface area contributed by atoms with Gasteiger partial charge in [-0.1, -0.05) is 12.1 Å². The number of rotatable bonds is 5. The highest BCUT2D eigenvalue weighted by molar-refractivity contribution is 5.81. The lowest BCUT2D eigenvalue weighted by Gasteiger charge is -2.04. The molecule has 3 aromatic rings. The number of fused-ring (bicyclic) bond motifs is 1. The number of carbonyl (C=O) groups excluding carboxylic acids is 1. The second-order valence-electron chi connectivity index (χ2n) is 4.85. The minimum absolute atomic E-state index is 0.191. The van der Waals surface area contributed by atoms with Crippen molar-refractivity contribution >= 4 is 16.8 Å². The summed E-state index contributed by atoms with van der Waals surface area (Å²) in [6, 6.07) is 7.83. The van der Waals surface area contributed by atoms with Crippen LogP contribution in [0, 0.1) is 0 Å². The average Bonchev–Trinajstić information content (AvgIpc) is 3.04. The number of nitrogens with zero attached hydrogens (tertiary/aromatic N) is 4. The normalized spacial score (nSPS) is 11.1. The SMILES string of the molecule is Cn1ccnc1CCC(=O)Cn1cnc2ccccc21. The molecule has 0 radical (unpaired) electrons. The molecule has 5 nitrogen and oxygen atoms in total. The van der Waals surface area contributed by atoms with Crippen molar-refractivity contribution in [2.24, 2.45) is 7.05 Å². The van der Waals surface area contributed by atoms with Gasteiger partial charge in [-0.2, -0.15) is 0 Å². The molecule has 0 unspecified atom stereocenters. The lowest BCUT2D eigenvalue weighted by molar-refractivity contribution is -0.119. The number of Topliss-reactive ketones (excluding diaryl/α,β-unsaturated/α-hetero) is 1. The Hall–Kier alpha value is -2.43. The maximum atomic E-state index is 12.1. The molecule has 0 aliphatic rings. The van der Waals surface area contributed by atoms with Gasteiger partial charge >= 0.3 is 0 Å². The molecular formula is C15H16N4O. The molecule has 0 aliphatic heterocycles. The molecule has 3 rings (SSSR count). The Labute approximate surface area is 116 Å². The van der Waals surface area contributed by atoms with E-state index in [-0.39, 0.29) is 5.78 Å². The van der Waals surface area contributed by atoms with Crippen molar-refractivity contribution in [2.45, 2.75) is 19.4 Å². The predicted octanol–water partition coefficient (Wildman–Crippen LogP) is 1.97. The maximum absolute atomic E-state index is 12.1. The highest BCUT2D eigenvalue weighted by atomic mass is 16.1. The fraction of sp³-hybridized carbons (Fsp3) is 0.267. The summed E-state index contributed by atoms with van der Waals surface area (Å²) < 4.78 is 3.84. The van der Waals surface area contributed by atoms with Gasteiger partial charge in [0.25, 0.3) is 0 Å². The van der Waals surface area contributed by atoms with Crippen molar-refractivity contribution in [2.75, 3.05) is 0 Å². The molecule has 2 aromatic heterocycles.